The first-order valence-electron chi connectivity index (χ1n) is 11.1. The first kappa shape index (κ1) is 19.8. The molecule has 0 radical (unpaired) electrons. The van der Waals surface area contributed by atoms with Gasteiger partial charge in [0.2, 0.25) is 17.7 Å². The maximum Gasteiger partial charge on any atom is 0.230 e. The molecule has 1 N–H and O–H groups in total. The van der Waals surface area contributed by atoms with Crippen LogP contribution in [0.15, 0.2) is 42.5 Å². The van der Waals surface area contributed by atoms with Crippen LogP contribution in [0.5, 0.6) is 0 Å². The molecule has 1 atom stereocenters. The van der Waals surface area contributed by atoms with Crippen LogP contribution in [0.25, 0.3) is 0 Å². The van der Waals surface area contributed by atoms with Crippen LogP contribution in [0.1, 0.15) is 36.0 Å². The number of amides is 3. The van der Waals surface area contributed by atoms with Gasteiger partial charge < -0.3 is 15.1 Å². The fourth-order valence-corrected chi connectivity index (χ4v) is 4.60. The zero-order valence-electron chi connectivity index (χ0n) is 17.8. The fourth-order valence-electron chi connectivity index (χ4n) is 4.60. The second-order valence-electron chi connectivity index (χ2n) is 8.88. The normalized spacial score (nSPS) is 20.2. The molecule has 3 aliphatic rings. The second-order valence-corrected chi connectivity index (χ2v) is 8.88. The van der Waals surface area contributed by atoms with E-state index in [2.05, 4.69) is 5.32 Å². The summed E-state index contributed by atoms with van der Waals surface area (Å²) in [5.74, 6) is -0.0297. The lowest BCUT2D eigenvalue weighted by atomic mass is 10.1. The van der Waals surface area contributed by atoms with E-state index in [0.29, 0.717) is 19.6 Å². The van der Waals surface area contributed by atoms with Crippen LogP contribution in [0.4, 0.5) is 11.4 Å². The van der Waals surface area contributed by atoms with Crippen molar-refractivity contribution in [3.63, 3.8) is 0 Å². The number of anilines is 2. The summed E-state index contributed by atoms with van der Waals surface area (Å²) in [4.78, 5) is 41.5. The maximum absolute atomic E-state index is 12.7. The Balaban J connectivity index is 1.24. The molecule has 0 bridgehead atoms. The summed E-state index contributed by atoms with van der Waals surface area (Å²) in [5.41, 5.74) is 5.12. The van der Waals surface area contributed by atoms with Crippen LogP contribution in [-0.4, -0.2) is 30.8 Å². The lowest BCUT2D eigenvalue weighted by Gasteiger charge is -2.20. The van der Waals surface area contributed by atoms with E-state index in [1.807, 2.05) is 54.3 Å². The van der Waals surface area contributed by atoms with Gasteiger partial charge in [-0.05, 0) is 61.1 Å². The molecular weight excluding hydrogens is 390 g/mol. The standard InChI is InChI=1S/C25H27N3O3/c1-16-4-2-3-5-19(16)14-26-24(30)20-13-23(29)28(15-20)21-8-9-22-18(12-21)10-11-27(22)25(31)17-6-7-17/h2-5,8-9,12,17,20H,6-7,10-11,13-15H2,1H3,(H,26,30). The SMILES string of the molecule is Cc1ccccc1CNC(=O)C1CC(=O)N(c2ccc3c(c2)CCN3C(=O)C2CC2)C1. The maximum atomic E-state index is 12.7. The van der Waals surface area contributed by atoms with Gasteiger partial charge in [0, 0.05) is 43.3 Å². The molecule has 0 aromatic heterocycles. The molecule has 3 amide bonds. The Morgan fingerprint density at radius 1 is 1.10 bits per heavy atom. The lowest BCUT2D eigenvalue weighted by molar-refractivity contribution is -0.126. The predicted molar refractivity (Wildman–Crippen MR) is 119 cm³/mol. The van der Waals surface area contributed by atoms with Crippen molar-refractivity contribution in [2.24, 2.45) is 11.8 Å². The summed E-state index contributed by atoms with van der Waals surface area (Å²) in [6.07, 6.45) is 3.03. The number of nitrogens with one attached hydrogen (secondary N) is 1. The Labute approximate surface area is 182 Å². The Morgan fingerprint density at radius 2 is 1.90 bits per heavy atom. The van der Waals surface area contributed by atoms with Crippen LogP contribution in [0.3, 0.4) is 0 Å². The Kier molecular flexibility index (Phi) is 5.00. The lowest BCUT2D eigenvalue weighted by Crippen LogP contribution is -2.32. The smallest absolute Gasteiger partial charge is 0.230 e. The topological polar surface area (TPSA) is 69.7 Å². The fraction of sp³-hybridized carbons (Fsp3) is 0.400. The van der Waals surface area contributed by atoms with Crippen LogP contribution < -0.4 is 15.1 Å². The molecule has 0 spiro atoms. The van der Waals surface area contributed by atoms with Crippen molar-refractivity contribution >= 4 is 29.1 Å². The van der Waals surface area contributed by atoms with Gasteiger partial charge in [0.1, 0.15) is 0 Å². The number of benzene rings is 2. The molecule has 2 heterocycles. The summed E-state index contributed by atoms with van der Waals surface area (Å²) in [6, 6.07) is 13.8. The summed E-state index contributed by atoms with van der Waals surface area (Å²) in [6.45, 7) is 3.60. The highest BCUT2D eigenvalue weighted by Gasteiger charge is 2.38. The first-order valence-corrected chi connectivity index (χ1v) is 11.1. The molecule has 2 aromatic carbocycles. The number of rotatable bonds is 5. The monoisotopic (exact) mass is 417 g/mol. The van der Waals surface area contributed by atoms with E-state index in [1.165, 1.54) is 0 Å². The van der Waals surface area contributed by atoms with E-state index in [9.17, 15) is 14.4 Å². The van der Waals surface area contributed by atoms with Crippen molar-refractivity contribution in [3.05, 3.63) is 59.2 Å². The number of aryl methyl sites for hydroxylation is 1. The van der Waals surface area contributed by atoms with Gasteiger partial charge in [-0.2, -0.15) is 0 Å². The van der Waals surface area contributed by atoms with Gasteiger partial charge in [0.15, 0.2) is 0 Å². The van der Waals surface area contributed by atoms with E-state index in [1.54, 1.807) is 4.90 Å². The number of hydrogen-bond donors (Lipinski definition) is 1. The minimum atomic E-state index is -0.349. The number of carbonyl (C=O) groups is 3. The molecule has 31 heavy (non-hydrogen) atoms. The summed E-state index contributed by atoms with van der Waals surface area (Å²) in [7, 11) is 0. The minimum absolute atomic E-state index is 0.0279. The third kappa shape index (κ3) is 3.82. The van der Waals surface area contributed by atoms with Crippen molar-refractivity contribution in [3.8, 4) is 0 Å². The quantitative estimate of drug-likeness (QED) is 0.813. The zero-order chi connectivity index (χ0) is 21.5. The van der Waals surface area contributed by atoms with Crippen LogP contribution in [-0.2, 0) is 27.3 Å². The number of hydrogen-bond acceptors (Lipinski definition) is 3. The number of nitrogens with zero attached hydrogens (tertiary/aromatic N) is 2. The van der Waals surface area contributed by atoms with E-state index in [4.69, 9.17) is 0 Å². The van der Waals surface area contributed by atoms with Gasteiger partial charge in [-0.25, -0.2) is 0 Å². The molecule has 1 aliphatic carbocycles. The molecule has 6 nitrogen and oxygen atoms in total. The van der Waals surface area contributed by atoms with Crippen LogP contribution in [0, 0.1) is 18.8 Å². The van der Waals surface area contributed by atoms with Crippen molar-refractivity contribution in [1.29, 1.82) is 0 Å². The van der Waals surface area contributed by atoms with Gasteiger partial charge in [-0.3, -0.25) is 14.4 Å². The van der Waals surface area contributed by atoms with E-state index < -0.39 is 0 Å². The molecule has 1 saturated carbocycles. The molecule has 1 unspecified atom stereocenters. The van der Waals surface area contributed by atoms with E-state index in [-0.39, 0.29) is 36.0 Å². The third-order valence-electron chi connectivity index (χ3n) is 6.67. The zero-order valence-corrected chi connectivity index (χ0v) is 17.8. The highest BCUT2D eigenvalue weighted by molar-refractivity contribution is 6.02. The van der Waals surface area contributed by atoms with Crippen molar-refractivity contribution in [1.82, 2.24) is 5.32 Å². The van der Waals surface area contributed by atoms with E-state index in [0.717, 1.165) is 47.3 Å². The van der Waals surface area contributed by atoms with Crippen LogP contribution in [0.2, 0.25) is 0 Å². The third-order valence-corrected chi connectivity index (χ3v) is 6.67. The summed E-state index contributed by atoms with van der Waals surface area (Å²) >= 11 is 0. The first-order chi connectivity index (χ1) is 15.0. The second kappa shape index (κ2) is 7.84. The largest absolute Gasteiger partial charge is 0.352 e. The van der Waals surface area contributed by atoms with Gasteiger partial charge >= 0.3 is 0 Å². The molecule has 5 rings (SSSR count). The average Bonchev–Trinajstić information content (AvgIpc) is 3.43. The highest BCUT2D eigenvalue weighted by Crippen LogP contribution is 2.38. The van der Waals surface area contributed by atoms with Gasteiger partial charge in [0.05, 0.1) is 5.92 Å². The molecule has 2 fully saturated rings. The molecule has 2 aromatic rings. The molecule has 6 heteroatoms. The molecular formula is C25H27N3O3. The minimum Gasteiger partial charge on any atom is -0.352 e. The average molecular weight is 418 g/mol. The molecule has 2 aliphatic heterocycles. The summed E-state index contributed by atoms with van der Waals surface area (Å²) in [5, 5.41) is 2.99. The Morgan fingerprint density at radius 3 is 2.68 bits per heavy atom. The molecule has 1 saturated heterocycles. The van der Waals surface area contributed by atoms with Crippen molar-refractivity contribution < 1.29 is 14.4 Å². The highest BCUT2D eigenvalue weighted by atomic mass is 16.2. The predicted octanol–water partition coefficient (Wildman–Crippen LogP) is 2.96. The number of carbonyl (C=O) groups excluding carboxylic acids is 3. The molecule has 160 valence electrons. The van der Waals surface area contributed by atoms with Crippen LogP contribution >= 0.6 is 0 Å². The Bertz CT molecular complexity index is 1060. The van der Waals surface area contributed by atoms with Gasteiger partial charge in [0.25, 0.3) is 0 Å². The number of fused-ring (bicyclic) bond motifs is 1. The van der Waals surface area contributed by atoms with E-state index >= 15 is 0 Å². The van der Waals surface area contributed by atoms with Gasteiger partial charge in [-0.1, -0.05) is 24.3 Å². The van der Waals surface area contributed by atoms with Crippen molar-refractivity contribution in [2.45, 2.75) is 39.2 Å². The Hall–Kier alpha value is -3.15. The summed E-state index contributed by atoms with van der Waals surface area (Å²) < 4.78 is 0. The van der Waals surface area contributed by atoms with Gasteiger partial charge in [-0.15, -0.1) is 0 Å². The van der Waals surface area contributed by atoms with Crippen molar-refractivity contribution in [2.75, 3.05) is 22.9 Å².